The summed E-state index contributed by atoms with van der Waals surface area (Å²) in [5.41, 5.74) is -2.09. The number of rotatable bonds is 5. The molecule has 1 aromatic heterocycles. The zero-order valence-corrected chi connectivity index (χ0v) is 15.7. The maximum Gasteiger partial charge on any atom is 0.455 e. The zero-order chi connectivity index (χ0) is 21.2. The van der Waals surface area contributed by atoms with Crippen molar-refractivity contribution in [2.24, 2.45) is 0 Å². The Balaban J connectivity index is 2.83. The van der Waals surface area contributed by atoms with Crippen molar-refractivity contribution in [2.75, 3.05) is 21.2 Å². The lowest BCUT2D eigenvalue weighted by Gasteiger charge is -2.14. The number of allylic oxidation sites excluding steroid dienone is 1. The van der Waals surface area contributed by atoms with Gasteiger partial charge in [-0.1, -0.05) is 17.7 Å². The van der Waals surface area contributed by atoms with Crippen molar-refractivity contribution in [3.63, 3.8) is 0 Å². The number of esters is 1. The highest BCUT2D eigenvalue weighted by molar-refractivity contribution is 6.33. The highest BCUT2D eigenvalue weighted by Gasteiger charge is 2.43. The molecule has 0 amide bonds. The molecule has 0 radical (unpaired) electrons. The fourth-order valence-corrected chi connectivity index (χ4v) is 2.81. The first kappa shape index (κ1) is 21.5. The van der Waals surface area contributed by atoms with E-state index in [9.17, 15) is 27.2 Å². The van der Waals surface area contributed by atoms with Crippen molar-refractivity contribution in [1.29, 1.82) is 0 Å². The summed E-state index contributed by atoms with van der Waals surface area (Å²) in [6.07, 6.45) is -3.20. The number of ether oxygens (including phenoxy) is 1. The van der Waals surface area contributed by atoms with Crippen molar-refractivity contribution >= 4 is 28.9 Å². The summed E-state index contributed by atoms with van der Waals surface area (Å²) in [7, 11) is 3.81. The van der Waals surface area contributed by atoms with Crippen LogP contribution in [0.1, 0.15) is 16.1 Å². The third-order valence-electron chi connectivity index (χ3n) is 3.66. The van der Waals surface area contributed by atoms with E-state index in [-0.39, 0.29) is 16.1 Å². The van der Waals surface area contributed by atoms with Crippen molar-refractivity contribution in [1.82, 2.24) is 9.88 Å². The van der Waals surface area contributed by atoms with Crippen LogP contribution < -0.4 is 0 Å². The van der Waals surface area contributed by atoms with Gasteiger partial charge in [0.05, 0.1) is 29.0 Å². The van der Waals surface area contributed by atoms with E-state index in [1.165, 1.54) is 31.1 Å². The Bertz CT molecular complexity index is 929. The molecule has 0 aliphatic rings. The average molecular weight is 419 g/mol. The van der Waals surface area contributed by atoms with Gasteiger partial charge in [-0.25, -0.2) is 9.18 Å². The van der Waals surface area contributed by atoms with E-state index in [1.54, 1.807) is 0 Å². The van der Waals surface area contributed by atoms with Crippen LogP contribution in [-0.2, 0) is 9.53 Å². The van der Waals surface area contributed by atoms with Gasteiger partial charge in [0.25, 0.3) is 5.78 Å². The van der Waals surface area contributed by atoms with E-state index in [1.807, 2.05) is 0 Å². The molecular formula is C18H15ClF4N2O3. The number of carbonyl (C=O) groups is 2. The Hall–Kier alpha value is -2.81. The van der Waals surface area contributed by atoms with Gasteiger partial charge >= 0.3 is 12.1 Å². The van der Waals surface area contributed by atoms with Gasteiger partial charge in [0.1, 0.15) is 5.82 Å². The molecular weight excluding hydrogens is 404 g/mol. The van der Waals surface area contributed by atoms with Gasteiger partial charge in [0, 0.05) is 37.6 Å². The molecule has 0 saturated carbocycles. The van der Waals surface area contributed by atoms with Gasteiger partial charge in [-0.05, 0) is 12.1 Å². The van der Waals surface area contributed by atoms with Crippen LogP contribution in [0.3, 0.4) is 0 Å². The van der Waals surface area contributed by atoms with Gasteiger partial charge < -0.3 is 14.6 Å². The zero-order valence-electron chi connectivity index (χ0n) is 14.9. The molecule has 0 aliphatic heterocycles. The molecule has 1 N–H and O–H groups in total. The van der Waals surface area contributed by atoms with Crippen LogP contribution in [0.25, 0.3) is 16.7 Å². The quantitative estimate of drug-likeness (QED) is 0.447. The fraction of sp³-hybridized carbons (Fsp3) is 0.222. The normalized spacial score (nSPS) is 12.1. The summed E-state index contributed by atoms with van der Waals surface area (Å²) in [5, 5.41) is -0.0732. The molecule has 5 nitrogen and oxygen atoms in total. The second-order valence-electron chi connectivity index (χ2n) is 5.87. The molecule has 0 fully saturated rings. The van der Waals surface area contributed by atoms with Crippen molar-refractivity contribution in [3.8, 4) is 11.1 Å². The molecule has 1 aromatic carbocycles. The number of aromatic nitrogens is 1. The van der Waals surface area contributed by atoms with Gasteiger partial charge in [-0.2, -0.15) is 13.2 Å². The van der Waals surface area contributed by atoms with Crippen LogP contribution in [0.5, 0.6) is 0 Å². The van der Waals surface area contributed by atoms with E-state index in [0.717, 1.165) is 25.6 Å². The largest absolute Gasteiger partial charge is 0.465 e. The molecule has 0 unspecified atom stereocenters. The Morgan fingerprint density at radius 2 is 1.89 bits per heavy atom. The fourth-order valence-electron chi connectivity index (χ4n) is 2.55. The summed E-state index contributed by atoms with van der Waals surface area (Å²) >= 11 is 6.02. The molecule has 28 heavy (non-hydrogen) atoms. The number of hydrogen-bond donors (Lipinski definition) is 1. The Morgan fingerprint density at radius 3 is 2.39 bits per heavy atom. The first-order valence-electron chi connectivity index (χ1n) is 7.73. The van der Waals surface area contributed by atoms with Gasteiger partial charge in [-0.15, -0.1) is 0 Å². The van der Waals surface area contributed by atoms with Crippen LogP contribution >= 0.6 is 11.6 Å². The molecule has 2 aromatic rings. The number of nitrogens with one attached hydrogen (secondary N) is 1. The van der Waals surface area contributed by atoms with Crippen molar-refractivity contribution < 1.29 is 31.9 Å². The number of alkyl halides is 3. The summed E-state index contributed by atoms with van der Waals surface area (Å²) in [4.78, 5) is 27.9. The highest BCUT2D eigenvalue weighted by atomic mass is 35.5. The number of Topliss-reactive ketones (excluding diaryl/α,β-unsaturated/α-hetero) is 1. The molecule has 0 aliphatic carbocycles. The maximum absolute atomic E-state index is 14.3. The minimum atomic E-state index is -5.20. The molecule has 10 heteroatoms. The molecule has 0 atom stereocenters. The molecule has 150 valence electrons. The number of nitrogens with zero attached hydrogens (tertiary/aromatic N) is 1. The van der Waals surface area contributed by atoms with Gasteiger partial charge in [0.15, 0.2) is 0 Å². The second kappa shape index (κ2) is 8.05. The lowest BCUT2D eigenvalue weighted by atomic mass is 9.98. The Labute approximate surface area is 162 Å². The molecule has 0 saturated heterocycles. The van der Waals surface area contributed by atoms with Crippen molar-refractivity contribution in [3.05, 3.63) is 52.7 Å². The minimum absolute atomic E-state index is 0.0732. The third-order valence-corrected chi connectivity index (χ3v) is 3.98. The maximum atomic E-state index is 14.3. The van der Waals surface area contributed by atoms with E-state index < -0.39 is 40.6 Å². The monoisotopic (exact) mass is 418 g/mol. The first-order chi connectivity index (χ1) is 13.0. The number of ketones is 1. The van der Waals surface area contributed by atoms with Gasteiger partial charge in [0.2, 0.25) is 0 Å². The number of hydrogen-bond acceptors (Lipinski definition) is 4. The summed E-state index contributed by atoms with van der Waals surface area (Å²) in [6, 6.07) is 3.76. The molecule has 0 bridgehead atoms. The SMILES string of the molecule is COC(=O)c1c(-c2c(F)cccc2Cl)c[nH]c1/C(=C/N(C)C)C(=O)C(F)(F)F. The van der Waals surface area contributed by atoms with Crippen LogP contribution in [0, 0.1) is 5.82 Å². The summed E-state index contributed by atoms with van der Waals surface area (Å²) in [6.45, 7) is 0. The van der Waals surface area contributed by atoms with E-state index >= 15 is 0 Å². The molecule has 1 heterocycles. The molecule has 2 rings (SSSR count). The molecule has 0 spiro atoms. The summed E-state index contributed by atoms with van der Waals surface area (Å²) < 4.78 is 58.2. The number of benzene rings is 1. The lowest BCUT2D eigenvalue weighted by molar-refractivity contribution is -0.164. The van der Waals surface area contributed by atoms with E-state index in [4.69, 9.17) is 11.6 Å². The summed E-state index contributed by atoms with van der Waals surface area (Å²) in [5.74, 6) is -4.05. The van der Waals surface area contributed by atoms with Crippen LogP contribution in [0.15, 0.2) is 30.6 Å². The predicted molar refractivity (Wildman–Crippen MR) is 95.3 cm³/mol. The van der Waals surface area contributed by atoms with Crippen LogP contribution in [0.4, 0.5) is 17.6 Å². The first-order valence-corrected chi connectivity index (χ1v) is 8.11. The van der Waals surface area contributed by atoms with Crippen LogP contribution in [0.2, 0.25) is 5.02 Å². The average Bonchev–Trinajstić information content (AvgIpc) is 3.01. The number of methoxy groups -OCH3 is 1. The smallest absolute Gasteiger partial charge is 0.455 e. The van der Waals surface area contributed by atoms with Crippen LogP contribution in [-0.4, -0.2) is 49.0 Å². The lowest BCUT2D eigenvalue weighted by Crippen LogP contribution is -2.26. The number of aromatic amines is 1. The third kappa shape index (κ3) is 4.19. The van der Waals surface area contributed by atoms with Gasteiger partial charge in [-0.3, -0.25) is 4.79 Å². The Morgan fingerprint density at radius 1 is 1.25 bits per heavy atom. The number of halogens is 5. The number of carbonyl (C=O) groups excluding carboxylic acids is 2. The number of H-pyrrole nitrogens is 1. The van der Waals surface area contributed by atoms with E-state index in [2.05, 4.69) is 9.72 Å². The highest BCUT2D eigenvalue weighted by Crippen LogP contribution is 2.38. The van der Waals surface area contributed by atoms with E-state index in [0.29, 0.717) is 0 Å². The minimum Gasteiger partial charge on any atom is -0.465 e. The van der Waals surface area contributed by atoms with Crippen molar-refractivity contribution in [2.45, 2.75) is 6.18 Å². The topological polar surface area (TPSA) is 62.4 Å². The second-order valence-corrected chi connectivity index (χ2v) is 6.28. The standard InChI is InChI=1S/C18H15ClF4N2O3/c1-25(2)8-10(16(26)18(21,22)23)15-14(17(27)28-3)9(7-24-15)13-11(19)5-4-6-12(13)20/h4-8,24H,1-3H3/b10-8-. The predicted octanol–water partition coefficient (Wildman–Crippen LogP) is 4.29. The Kier molecular flexibility index (Phi) is 6.18.